The lowest BCUT2D eigenvalue weighted by Crippen LogP contribution is -2.41. The number of nitrogens with one attached hydrogen (secondary N) is 2. The number of aromatic nitrogens is 2. The lowest BCUT2D eigenvalue weighted by molar-refractivity contribution is 0.0907. The lowest BCUT2D eigenvalue weighted by atomic mass is 9.86. The van der Waals surface area contributed by atoms with Gasteiger partial charge in [0.15, 0.2) is 0 Å². The molecule has 49 heavy (non-hydrogen) atoms. The molecule has 262 valence electrons. The largest absolute Gasteiger partial charge is 0.473 e. The summed E-state index contributed by atoms with van der Waals surface area (Å²) in [6, 6.07) is 23.3. The van der Waals surface area contributed by atoms with E-state index in [-0.39, 0.29) is 36.3 Å². The zero-order valence-corrected chi connectivity index (χ0v) is 29.6. The van der Waals surface area contributed by atoms with Crippen molar-refractivity contribution >= 4 is 11.8 Å². The van der Waals surface area contributed by atoms with Crippen LogP contribution in [0.1, 0.15) is 99.1 Å². The standard InChI is InChI=1S/C20H24N2O2.C18H21FN2O2.C2H6/c1-15-7-5-6-10-18(15)22-20(23)17-11-12-19(21-13-17)24-14-16-8-3-2-4-9-16;1-12(2)13(3)21-18(22)15-7-8-17(20-10-15)23-11-14-5-4-6-16(19)9-14;1-2/h2-4,8-9,11-13,15,18H,5-7,10,14H2,1H3,(H,22,23);4-10,12-13H,11H2,1-3H3,(H,21,22);1-2H3. The third-order valence-electron chi connectivity index (χ3n) is 8.29. The topological polar surface area (TPSA) is 102 Å². The molecule has 2 heterocycles. The molecule has 1 fully saturated rings. The highest BCUT2D eigenvalue weighted by molar-refractivity contribution is 5.94. The number of halogens is 1. The maximum atomic E-state index is 13.1. The minimum absolute atomic E-state index is 0.0455. The maximum Gasteiger partial charge on any atom is 0.253 e. The second-order valence-electron chi connectivity index (χ2n) is 12.3. The molecule has 2 aromatic carbocycles. The average molecular weight is 671 g/mol. The smallest absolute Gasteiger partial charge is 0.253 e. The first-order valence-corrected chi connectivity index (χ1v) is 17.3. The first kappa shape index (κ1) is 38.7. The van der Waals surface area contributed by atoms with Crippen LogP contribution in [0.2, 0.25) is 0 Å². The first-order chi connectivity index (χ1) is 23.7. The van der Waals surface area contributed by atoms with E-state index in [1.54, 1.807) is 42.6 Å². The van der Waals surface area contributed by atoms with Crippen molar-refractivity contribution in [3.63, 3.8) is 0 Å². The van der Waals surface area contributed by atoms with Gasteiger partial charge in [-0.1, -0.05) is 89.9 Å². The molecule has 2 N–H and O–H groups in total. The van der Waals surface area contributed by atoms with Gasteiger partial charge in [0.25, 0.3) is 11.8 Å². The fourth-order valence-electron chi connectivity index (χ4n) is 4.95. The number of carbonyl (C=O) groups excluding carboxylic acids is 2. The van der Waals surface area contributed by atoms with E-state index in [1.165, 1.54) is 37.6 Å². The molecule has 2 amide bonds. The van der Waals surface area contributed by atoms with Crippen molar-refractivity contribution in [2.75, 3.05) is 0 Å². The lowest BCUT2D eigenvalue weighted by Gasteiger charge is -2.29. The van der Waals surface area contributed by atoms with Crippen LogP contribution in [0.15, 0.2) is 91.3 Å². The summed E-state index contributed by atoms with van der Waals surface area (Å²) in [5.74, 6) is 1.32. The van der Waals surface area contributed by atoms with Crippen LogP contribution >= 0.6 is 0 Å². The Morgan fingerprint density at radius 2 is 1.35 bits per heavy atom. The van der Waals surface area contributed by atoms with Gasteiger partial charge in [0.2, 0.25) is 11.8 Å². The minimum atomic E-state index is -0.301. The first-order valence-electron chi connectivity index (χ1n) is 17.3. The summed E-state index contributed by atoms with van der Waals surface area (Å²) in [5, 5.41) is 6.06. The zero-order chi connectivity index (χ0) is 35.6. The van der Waals surface area contributed by atoms with Crippen LogP contribution in [-0.2, 0) is 13.2 Å². The van der Waals surface area contributed by atoms with E-state index in [4.69, 9.17) is 9.47 Å². The van der Waals surface area contributed by atoms with Crippen LogP contribution in [0.3, 0.4) is 0 Å². The van der Waals surface area contributed by atoms with Gasteiger partial charge in [-0.3, -0.25) is 9.59 Å². The number of nitrogens with zero attached hydrogens (tertiary/aromatic N) is 2. The molecule has 9 heteroatoms. The van der Waals surface area contributed by atoms with Crippen molar-refractivity contribution in [2.45, 2.75) is 92.5 Å². The van der Waals surface area contributed by atoms with E-state index in [0.29, 0.717) is 41.3 Å². The molecule has 4 aromatic rings. The molecule has 0 bridgehead atoms. The fraction of sp³-hybridized carbons (Fsp3) is 0.400. The fourth-order valence-corrected chi connectivity index (χ4v) is 4.95. The normalized spacial score (nSPS) is 15.8. The molecule has 1 aliphatic carbocycles. The molecule has 3 unspecified atom stereocenters. The number of pyridine rings is 2. The maximum absolute atomic E-state index is 13.1. The Kier molecular flexibility index (Phi) is 16.2. The average Bonchev–Trinajstić information content (AvgIpc) is 3.13. The highest BCUT2D eigenvalue weighted by Gasteiger charge is 2.23. The number of carbonyl (C=O) groups is 2. The van der Waals surface area contributed by atoms with Crippen LogP contribution in [-0.4, -0.2) is 33.9 Å². The van der Waals surface area contributed by atoms with Crippen molar-refractivity contribution in [1.82, 2.24) is 20.6 Å². The molecule has 0 radical (unpaired) electrons. The van der Waals surface area contributed by atoms with E-state index >= 15 is 0 Å². The highest BCUT2D eigenvalue weighted by Crippen LogP contribution is 2.24. The summed E-state index contributed by atoms with van der Waals surface area (Å²) < 4.78 is 24.2. The van der Waals surface area contributed by atoms with Crippen LogP contribution in [0.5, 0.6) is 11.8 Å². The number of benzene rings is 2. The molecular formula is C40H51FN4O4. The van der Waals surface area contributed by atoms with E-state index in [1.807, 2.05) is 65.0 Å². The summed E-state index contributed by atoms with van der Waals surface area (Å²) in [7, 11) is 0. The summed E-state index contributed by atoms with van der Waals surface area (Å²) in [6.45, 7) is 13.0. The van der Waals surface area contributed by atoms with Gasteiger partial charge in [0, 0.05) is 36.6 Å². The summed E-state index contributed by atoms with van der Waals surface area (Å²) in [5.41, 5.74) is 2.88. The van der Waals surface area contributed by atoms with E-state index in [2.05, 4.69) is 27.5 Å². The van der Waals surface area contributed by atoms with Crippen molar-refractivity contribution in [3.8, 4) is 11.8 Å². The van der Waals surface area contributed by atoms with E-state index in [0.717, 1.165) is 17.5 Å². The van der Waals surface area contributed by atoms with Crippen LogP contribution in [0.25, 0.3) is 0 Å². The van der Waals surface area contributed by atoms with Crippen LogP contribution < -0.4 is 20.1 Å². The molecule has 2 aromatic heterocycles. The summed E-state index contributed by atoms with van der Waals surface area (Å²) in [6.07, 6.45) is 7.78. The Morgan fingerprint density at radius 1 is 0.776 bits per heavy atom. The molecule has 0 saturated heterocycles. The van der Waals surface area contributed by atoms with Gasteiger partial charge in [-0.25, -0.2) is 14.4 Å². The molecular weight excluding hydrogens is 619 g/mol. The molecule has 3 atom stereocenters. The van der Waals surface area contributed by atoms with Gasteiger partial charge in [0.1, 0.15) is 19.0 Å². The van der Waals surface area contributed by atoms with Gasteiger partial charge >= 0.3 is 0 Å². The van der Waals surface area contributed by atoms with E-state index < -0.39 is 0 Å². The van der Waals surface area contributed by atoms with Crippen molar-refractivity contribution < 1.29 is 23.5 Å². The molecule has 8 nitrogen and oxygen atoms in total. The number of hydrogen-bond acceptors (Lipinski definition) is 6. The predicted octanol–water partition coefficient (Wildman–Crippen LogP) is 8.57. The SMILES string of the molecule is CC.CC(C)C(C)NC(=O)c1ccc(OCc2cccc(F)c2)nc1.CC1CCCCC1NC(=O)c1ccc(OCc2ccccc2)nc1. The summed E-state index contributed by atoms with van der Waals surface area (Å²) >= 11 is 0. The van der Waals surface area contributed by atoms with Gasteiger partial charge in [-0.2, -0.15) is 0 Å². The number of hydrogen-bond donors (Lipinski definition) is 2. The second kappa shape index (κ2) is 20.5. The van der Waals surface area contributed by atoms with Crippen molar-refractivity contribution in [1.29, 1.82) is 0 Å². The van der Waals surface area contributed by atoms with Gasteiger partial charge < -0.3 is 20.1 Å². The summed E-state index contributed by atoms with van der Waals surface area (Å²) in [4.78, 5) is 32.8. The third-order valence-corrected chi connectivity index (χ3v) is 8.29. The van der Waals surface area contributed by atoms with Crippen LogP contribution in [0, 0.1) is 17.7 Å². The predicted molar refractivity (Wildman–Crippen MR) is 192 cm³/mol. The molecule has 5 rings (SSSR count). The quantitative estimate of drug-likeness (QED) is 0.166. The highest BCUT2D eigenvalue weighted by atomic mass is 19.1. The van der Waals surface area contributed by atoms with Crippen LogP contribution in [0.4, 0.5) is 4.39 Å². The monoisotopic (exact) mass is 670 g/mol. The minimum Gasteiger partial charge on any atom is -0.473 e. The Labute approximate surface area is 290 Å². The zero-order valence-electron chi connectivity index (χ0n) is 29.6. The van der Waals surface area contributed by atoms with Gasteiger partial charge in [0.05, 0.1) is 11.1 Å². The van der Waals surface area contributed by atoms with Gasteiger partial charge in [-0.05, 0) is 67.0 Å². The molecule has 1 aliphatic rings. The van der Waals surface area contributed by atoms with Crippen molar-refractivity contribution in [2.24, 2.45) is 11.8 Å². The second-order valence-corrected chi connectivity index (χ2v) is 12.3. The number of rotatable bonds is 11. The van der Waals surface area contributed by atoms with Crippen molar-refractivity contribution in [3.05, 3.63) is 119 Å². The van der Waals surface area contributed by atoms with Gasteiger partial charge in [-0.15, -0.1) is 0 Å². The Hall–Kier alpha value is -4.79. The number of ether oxygens (including phenoxy) is 2. The Morgan fingerprint density at radius 3 is 1.90 bits per heavy atom. The molecule has 0 spiro atoms. The Bertz CT molecular complexity index is 1550. The molecule has 0 aliphatic heterocycles. The third kappa shape index (κ3) is 13.3. The molecule has 1 saturated carbocycles. The van der Waals surface area contributed by atoms with E-state index in [9.17, 15) is 14.0 Å². The Balaban J connectivity index is 0.000000253. The number of amides is 2.